The largest absolute Gasteiger partial charge is 0.467 e. The van der Waals surface area contributed by atoms with E-state index in [0.717, 1.165) is 28.0 Å². The van der Waals surface area contributed by atoms with Gasteiger partial charge < -0.3 is 33.2 Å². The third-order valence-corrected chi connectivity index (χ3v) is 8.29. The zero-order chi connectivity index (χ0) is 36.7. The zero-order valence-electron chi connectivity index (χ0n) is 30.2. The van der Waals surface area contributed by atoms with E-state index in [1.54, 1.807) is 19.3 Å². The van der Waals surface area contributed by atoms with Crippen LogP contribution in [0.15, 0.2) is 60.8 Å². The van der Waals surface area contributed by atoms with Crippen molar-refractivity contribution < 1.29 is 38.1 Å². The smallest absolute Gasteiger partial charge is 0.410 e. The minimum atomic E-state index is -0.884. The number of carbonyl (C=O) groups excluding carboxylic acids is 3. The number of ether oxygens (including phenoxy) is 5. The molecule has 1 saturated heterocycles. The molecule has 2 aromatic heterocycles. The molecule has 0 spiro atoms. The van der Waals surface area contributed by atoms with Crippen LogP contribution in [0.4, 0.5) is 9.59 Å². The van der Waals surface area contributed by atoms with Crippen molar-refractivity contribution in [1.82, 2.24) is 29.3 Å². The lowest BCUT2D eigenvalue weighted by atomic mass is 10.1. The van der Waals surface area contributed by atoms with Gasteiger partial charge in [-0.05, 0) is 52.3 Å². The Labute approximate surface area is 297 Å². The second-order valence-corrected chi connectivity index (χ2v) is 13.3. The minimum Gasteiger partial charge on any atom is -0.467 e. The van der Waals surface area contributed by atoms with E-state index in [2.05, 4.69) is 9.55 Å². The highest BCUT2D eigenvalue weighted by Gasteiger charge is 2.43. The molecule has 0 N–H and O–H groups in total. The van der Waals surface area contributed by atoms with Crippen molar-refractivity contribution in [2.45, 2.75) is 78.0 Å². The molecule has 1 aliphatic heterocycles. The van der Waals surface area contributed by atoms with Crippen molar-refractivity contribution in [3.05, 3.63) is 72.2 Å². The number of para-hydroxylation sites is 1. The summed E-state index contributed by atoms with van der Waals surface area (Å²) in [5, 5.41) is 0. The molecule has 1 aliphatic rings. The lowest BCUT2D eigenvalue weighted by Crippen LogP contribution is -2.41. The van der Waals surface area contributed by atoms with Gasteiger partial charge in [0.05, 0.1) is 49.6 Å². The fraction of sp³-hybridized carbons (Fsp3) is 0.459. The molecule has 1 unspecified atom stereocenters. The number of likely N-dealkylation sites (tertiary alicyclic amines) is 1. The van der Waals surface area contributed by atoms with Crippen LogP contribution in [0.2, 0.25) is 0 Å². The molecule has 1 fully saturated rings. The molecule has 0 saturated carbocycles. The Morgan fingerprint density at radius 3 is 2.51 bits per heavy atom. The van der Waals surface area contributed by atoms with Gasteiger partial charge in [-0.3, -0.25) is 4.90 Å². The summed E-state index contributed by atoms with van der Waals surface area (Å²) in [5.74, 6) is 0.206. The summed E-state index contributed by atoms with van der Waals surface area (Å²) in [5.41, 5.74) is 3.19. The topological polar surface area (TPSA) is 147 Å². The quantitative estimate of drug-likeness (QED) is 0.138. The number of esters is 1. The Kier molecular flexibility index (Phi) is 11.8. The summed E-state index contributed by atoms with van der Waals surface area (Å²) < 4.78 is 30.4. The third kappa shape index (κ3) is 9.31. The number of rotatable bonds is 12. The van der Waals surface area contributed by atoms with Crippen molar-refractivity contribution in [2.75, 3.05) is 33.9 Å². The number of benzene rings is 2. The number of methoxy groups -OCH3 is 1. The number of hydrogen-bond acceptors (Lipinski definition) is 11. The predicted molar refractivity (Wildman–Crippen MR) is 188 cm³/mol. The first-order chi connectivity index (χ1) is 24.4. The summed E-state index contributed by atoms with van der Waals surface area (Å²) >= 11 is 0. The second-order valence-electron chi connectivity index (χ2n) is 13.3. The molecular weight excluding hydrogens is 656 g/mol. The molecule has 4 aromatic rings. The summed E-state index contributed by atoms with van der Waals surface area (Å²) in [6, 6.07) is 16.1. The van der Waals surface area contributed by atoms with E-state index in [-0.39, 0.29) is 31.7 Å². The maximum atomic E-state index is 13.1. The molecule has 2 aromatic carbocycles. The first kappa shape index (κ1) is 37.0. The Morgan fingerprint density at radius 1 is 1.04 bits per heavy atom. The summed E-state index contributed by atoms with van der Waals surface area (Å²) in [6.07, 6.45) is -0.242. The van der Waals surface area contributed by atoms with Crippen LogP contribution in [-0.2, 0) is 36.9 Å². The molecule has 0 bridgehead atoms. The van der Waals surface area contributed by atoms with Crippen LogP contribution in [0.5, 0.6) is 6.01 Å². The molecular formula is C37H46N6O8. The van der Waals surface area contributed by atoms with Crippen LogP contribution in [0.25, 0.3) is 22.3 Å². The Bertz CT molecular complexity index is 1820. The molecule has 51 heavy (non-hydrogen) atoms. The van der Waals surface area contributed by atoms with Crippen LogP contribution in [0.3, 0.4) is 0 Å². The van der Waals surface area contributed by atoms with E-state index >= 15 is 0 Å². The monoisotopic (exact) mass is 702 g/mol. The lowest BCUT2D eigenvalue weighted by Gasteiger charge is -2.28. The lowest BCUT2D eigenvalue weighted by molar-refractivity contribution is -0.145. The number of imidazole rings is 1. The van der Waals surface area contributed by atoms with Crippen molar-refractivity contribution >= 4 is 29.2 Å². The SMILES string of the molecule is CCOC(CN(C)C(=O)OC(C)(C)C)Cn1c(C)nc2cccc(-c3ccnc(O[C@H]4C[C@@H](C(=O)OC)N(C(=O)OCc5ccccc5)C4)n3)c21. The molecule has 3 atom stereocenters. The highest BCUT2D eigenvalue weighted by Crippen LogP contribution is 2.31. The molecule has 2 amide bonds. The van der Waals surface area contributed by atoms with E-state index in [1.807, 2.05) is 83.1 Å². The molecule has 0 aliphatic carbocycles. The Balaban J connectivity index is 1.35. The molecule has 0 radical (unpaired) electrons. The summed E-state index contributed by atoms with van der Waals surface area (Å²) in [4.78, 5) is 55.2. The van der Waals surface area contributed by atoms with Crippen LogP contribution in [0, 0.1) is 6.92 Å². The molecule has 3 heterocycles. The summed E-state index contributed by atoms with van der Waals surface area (Å²) in [7, 11) is 2.97. The third-order valence-electron chi connectivity index (χ3n) is 8.29. The standard InChI is InChI=1S/C37H46N6O8/c1-8-48-27(20-41(6)35(45)51-37(3,4)5)22-42-24(2)39-30-16-12-15-28(32(30)42)29-17-18-38-34(40-29)50-26-19-31(33(44)47-7)43(21-26)36(46)49-23-25-13-10-9-11-14-25/h9-18,26-27,31H,8,19-23H2,1-7H3/t26-,27?,31-/m0/s1. The molecule has 14 nitrogen and oxygen atoms in total. The van der Waals surface area contributed by atoms with Crippen molar-refractivity contribution in [1.29, 1.82) is 0 Å². The van der Waals surface area contributed by atoms with Crippen LogP contribution in [0.1, 0.15) is 45.5 Å². The van der Waals surface area contributed by atoms with Gasteiger partial charge in [-0.1, -0.05) is 42.5 Å². The van der Waals surface area contributed by atoms with Gasteiger partial charge in [0.1, 0.15) is 30.2 Å². The van der Waals surface area contributed by atoms with Crippen LogP contribution in [-0.4, -0.2) is 105 Å². The number of fused-ring (bicyclic) bond motifs is 1. The van der Waals surface area contributed by atoms with Gasteiger partial charge in [0, 0.05) is 31.8 Å². The maximum Gasteiger partial charge on any atom is 0.410 e. The van der Waals surface area contributed by atoms with Gasteiger partial charge >= 0.3 is 24.2 Å². The fourth-order valence-electron chi connectivity index (χ4n) is 6.00. The Hall–Kier alpha value is -5.24. The number of hydrogen-bond donors (Lipinski definition) is 0. The van der Waals surface area contributed by atoms with Crippen LogP contribution < -0.4 is 4.74 Å². The van der Waals surface area contributed by atoms with E-state index in [9.17, 15) is 14.4 Å². The maximum absolute atomic E-state index is 13.1. The highest BCUT2D eigenvalue weighted by molar-refractivity contribution is 5.91. The normalized spacial score (nSPS) is 16.5. The van der Waals surface area contributed by atoms with Crippen molar-refractivity contribution in [3.8, 4) is 17.3 Å². The van der Waals surface area contributed by atoms with Gasteiger partial charge in [-0.25, -0.2) is 24.4 Å². The number of aryl methyl sites for hydroxylation is 1. The predicted octanol–water partition coefficient (Wildman–Crippen LogP) is 5.41. The van der Waals surface area contributed by atoms with Gasteiger partial charge in [0.15, 0.2) is 0 Å². The first-order valence-electron chi connectivity index (χ1n) is 16.9. The van der Waals surface area contributed by atoms with Gasteiger partial charge in [0.25, 0.3) is 0 Å². The Morgan fingerprint density at radius 2 is 1.80 bits per heavy atom. The first-order valence-corrected chi connectivity index (χ1v) is 16.9. The molecule has 272 valence electrons. The highest BCUT2D eigenvalue weighted by atomic mass is 16.6. The zero-order valence-corrected chi connectivity index (χ0v) is 30.2. The number of aromatic nitrogens is 4. The van der Waals surface area contributed by atoms with Gasteiger partial charge in [-0.15, -0.1) is 0 Å². The van der Waals surface area contributed by atoms with E-state index in [4.69, 9.17) is 33.7 Å². The van der Waals surface area contributed by atoms with Crippen LogP contribution >= 0.6 is 0 Å². The minimum absolute atomic E-state index is 0.0636. The van der Waals surface area contributed by atoms with E-state index in [0.29, 0.717) is 25.4 Å². The second kappa shape index (κ2) is 16.2. The molecule has 5 rings (SSSR count). The fourth-order valence-corrected chi connectivity index (χ4v) is 6.00. The average molecular weight is 703 g/mol. The van der Waals surface area contributed by atoms with E-state index in [1.165, 1.54) is 16.9 Å². The number of carbonyl (C=O) groups is 3. The summed E-state index contributed by atoms with van der Waals surface area (Å²) in [6.45, 7) is 10.7. The average Bonchev–Trinajstić information content (AvgIpc) is 3.67. The van der Waals surface area contributed by atoms with E-state index < -0.39 is 35.9 Å². The van der Waals surface area contributed by atoms with Crippen molar-refractivity contribution in [2.24, 2.45) is 0 Å². The van der Waals surface area contributed by atoms with Gasteiger partial charge in [0.2, 0.25) is 0 Å². The number of likely N-dealkylation sites (N-methyl/N-ethyl adjacent to an activating group) is 1. The molecule has 14 heteroatoms. The number of amides is 2. The van der Waals surface area contributed by atoms with Gasteiger partial charge in [-0.2, -0.15) is 4.98 Å². The van der Waals surface area contributed by atoms with Crippen molar-refractivity contribution in [3.63, 3.8) is 0 Å². The number of nitrogens with zero attached hydrogens (tertiary/aromatic N) is 6.